The van der Waals surface area contributed by atoms with Gasteiger partial charge in [0.1, 0.15) is 23.1 Å². The number of aromatic nitrogens is 2. The van der Waals surface area contributed by atoms with E-state index in [9.17, 15) is 23.5 Å². The summed E-state index contributed by atoms with van der Waals surface area (Å²) in [5, 5.41) is 26.3. The summed E-state index contributed by atoms with van der Waals surface area (Å²) < 4.78 is 29.6. The maximum atomic E-state index is 14.4. The van der Waals surface area contributed by atoms with Crippen molar-refractivity contribution in [3.05, 3.63) is 46.3 Å². The van der Waals surface area contributed by atoms with Crippen LogP contribution in [0.2, 0.25) is 0 Å². The molecule has 2 N–H and O–H groups in total. The zero-order valence-electron chi connectivity index (χ0n) is 18.3. The highest BCUT2D eigenvalue weighted by Crippen LogP contribution is 2.28. The number of anilines is 1. The summed E-state index contributed by atoms with van der Waals surface area (Å²) in [7, 11) is 1.67. The van der Waals surface area contributed by atoms with Crippen LogP contribution in [0.15, 0.2) is 12.1 Å². The minimum Gasteiger partial charge on any atom is -0.393 e. The molecule has 0 saturated carbocycles. The summed E-state index contributed by atoms with van der Waals surface area (Å²) in [5.41, 5.74) is 0.646. The number of nitrogens with zero attached hydrogens (tertiary/aromatic N) is 5. The second kappa shape index (κ2) is 8.78. The molecule has 3 amide bonds. The lowest BCUT2D eigenvalue weighted by atomic mass is 10.0. The second-order valence-corrected chi connectivity index (χ2v) is 8.37. The largest absolute Gasteiger partial charge is 0.393 e. The van der Waals surface area contributed by atoms with E-state index in [0.29, 0.717) is 42.9 Å². The van der Waals surface area contributed by atoms with Crippen LogP contribution in [0.4, 0.5) is 19.3 Å². The molecule has 0 spiro atoms. The van der Waals surface area contributed by atoms with Gasteiger partial charge in [-0.1, -0.05) is 6.92 Å². The lowest BCUT2D eigenvalue weighted by Gasteiger charge is -2.28. The van der Waals surface area contributed by atoms with Crippen molar-refractivity contribution in [2.45, 2.75) is 39.0 Å². The molecule has 0 unspecified atom stereocenters. The molecule has 2 aromatic rings. The SMILES string of the molecule is CC[C@@H](O)[C@@H]1CN(C)C(=O)c2c3c(nn2C1)CCN(C(=O)Nc1ccc(F)c(C#N)c1F)C3. The Morgan fingerprint density at radius 1 is 1.39 bits per heavy atom. The second-order valence-electron chi connectivity index (χ2n) is 8.37. The van der Waals surface area contributed by atoms with Crippen LogP contribution in [0.3, 0.4) is 0 Å². The quantitative estimate of drug-likeness (QED) is 0.731. The summed E-state index contributed by atoms with van der Waals surface area (Å²) in [6.45, 7) is 3.03. The Morgan fingerprint density at radius 2 is 2.15 bits per heavy atom. The van der Waals surface area contributed by atoms with Gasteiger partial charge in [0, 0.05) is 44.6 Å². The zero-order chi connectivity index (χ0) is 23.9. The van der Waals surface area contributed by atoms with Crippen molar-refractivity contribution >= 4 is 17.6 Å². The molecule has 11 heteroatoms. The predicted octanol–water partition coefficient (Wildman–Crippen LogP) is 2.10. The van der Waals surface area contributed by atoms with Crippen LogP contribution in [0.1, 0.15) is 40.7 Å². The molecule has 9 nitrogen and oxygen atoms in total. The molecular formula is C22H24F2N6O3. The minimum atomic E-state index is -1.14. The average Bonchev–Trinajstić information content (AvgIpc) is 3.10. The fourth-order valence-electron chi connectivity index (χ4n) is 4.39. The molecule has 174 valence electrons. The number of halogens is 2. The van der Waals surface area contributed by atoms with E-state index in [1.807, 2.05) is 6.92 Å². The number of amides is 3. The molecule has 0 saturated heterocycles. The van der Waals surface area contributed by atoms with Gasteiger partial charge in [0.15, 0.2) is 5.82 Å². The minimum absolute atomic E-state index is 0.0883. The lowest BCUT2D eigenvalue weighted by Crippen LogP contribution is -2.40. The molecule has 0 fully saturated rings. The third-order valence-corrected chi connectivity index (χ3v) is 6.26. The fraction of sp³-hybridized carbons (Fsp3) is 0.455. The smallest absolute Gasteiger partial charge is 0.322 e. The van der Waals surface area contributed by atoms with Crippen LogP contribution >= 0.6 is 0 Å². The topological polar surface area (TPSA) is 114 Å². The highest BCUT2D eigenvalue weighted by molar-refractivity contribution is 5.95. The van der Waals surface area contributed by atoms with Crippen molar-refractivity contribution in [2.24, 2.45) is 5.92 Å². The number of carbonyl (C=O) groups is 2. The number of carbonyl (C=O) groups excluding carboxylic acids is 2. The van der Waals surface area contributed by atoms with Crippen LogP contribution in [0.25, 0.3) is 0 Å². The van der Waals surface area contributed by atoms with Crippen LogP contribution < -0.4 is 5.32 Å². The van der Waals surface area contributed by atoms with Gasteiger partial charge in [-0.2, -0.15) is 10.4 Å². The standard InChI is InChI=1S/C22H24F2N6O3/c1-3-18(31)12-9-28(2)21(32)20-14-11-29(7-6-16(14)27-30(20)10-12)22(33)26-17-5-4-15(23)13(8-25)19(17)24/h4-5,12,18,31H,3,6-7,9-11H2,1-2H3,(H,26,33)/t12-,18-/m1/s1. The summed E-state index contributed by atoms with van der Waals surface area (Å²) in [6, 6.07) is 2.78. The molecule has 1 aromatic heterocycles. The number of rotatable bonds is 3. The molecule has 0 aliphatic carbocycles. The fourth-order valence-corrected chi connectivity index (χ4v) is 4.39. The highest BCUT2D eigenvalue weighted by atomic mass is 19.1. The van der Waals surface area contributed by atoms with Crippen molar-refractivity contribution in [1.82, 2.24) is 19.6 Å². The Labute approximate surface area is 189 Å². The maximum absolute atomic E-state index is 14.4. The van der Waals surface area contributed by atoms with Gasteiger partial charge in [0.05, 0.1) is 24.0 Å². The summed E-state index contributed by atoms with van der Waals surface area (Å²) in [5.74, 6) is -2.55. The molecule has 0 bridgehead atoms. The summed E-state index contributed by atoms with van der Waals surface area (Å²) in [6.07, 6.45) is 0.388. The van der Waals surface area contributed by atoms with E-state index in [2.05, 4.69) is 10.4 Å². The van der Waals surface area contributed by atoms with Crippen molar-refractivity contribution in [2.75, 3.05) is 25.5 Å². The Bertz CT molecular complexity index is 1160. The van der Waals surface area contributed by atoms with E-state index in [4.69, 9.17) is 5.26 Å². The predicted molar refractivity (Wildman–Crippen MR) is 113 cm³/mol. The van der Waals surface area contributed by atoms with Crippen LogP contribution in [0.5, 0.6) is 0 Å². The van der Waals surface area contributed by atoms with Gasteiger partial charge in [-0.15, -0.1) is 0 Å². The molecule has 33 heavy (non-hydrogen) atoms. The molecule has 2 atom stereocenters. The van der Waals surface area contributed by atoms with Crippen LogP contribution in [-0.2, 0) is 19.5 Å². The number of benzene rings is 1. The molecular weight excluding hydrogens is 434 g/mol. The Balaban J connectivity index is 1.59. The number of aliphatic hydroxyl groups excluding tert-OH is 1. The number of fused-ring (bicyclic) bond motifs is 3. The number of nitrogens with one attached hydrogen (secondary N) is 1. The van der Waals surface area contributed by atoms with Gasteiger partial charge in [-0.3, -0.25) is 9.48 Å². The van der Waals surface area contributed by atoms with Gasteiger partial charge in [0.2, 0.25) is 0 Å². The highest BCUT2D eigenvalue weighted by Gasteiger charge is 2.36. The maximum Gasteiger partial charge on any atom is 0.322 e. The monoisotopic (exact) mass is 458 g/mol. The first-order valence-corrected chi connectivity index (χ1v) is 10.7. The average molecular weight is 458 g/mol. The summed E-state index contributed by atoms with van der Waals surface area (Å²) in [4.78, 5) is 28.9. The van der Waals surface area contributed by atoms with E-state index < -0.39 is 29.3 Å². The first kappa shape index (κ1) is 22.7. The third-order valence-electron chi connectivity index (χ3n) is 6.26. The summed E-state index contributed by atoms with van der Waals surface area (Å²) >= 11 is 0. The zero-order valence-corrected chi connectivity index (χ0v) is 18.3. The van der Waals surface area contributed by atoms with Crippen molar-refractivity contribution < 1.29 is 23.5 Å². The van der Waals surface area contributed by atoms with Crippen molar-refractivity contribution in [3.63, 3.8) is 0 Å². The third kappa shape index (κ3) is 4.02. The molecule has 0 radical (unpaired) electrons. The number of aliphatic hydroxyl groups is 1. The molecule has 4 rings (SSSR count). The van der Waals surface area contributed by atoms with Crippen molar-refractivity contribution in [3.8, 4) is 6.07 Å². The van der Waals surface area contributed by atoms with Crippen molar-refractivity contribution in [1.29, 1.82) is 5.26 Å². The molecule has 2 aliphatic heterocycles. The van der Waals surface area contributed by atoms with E-state index in [1.165, 1.54) is 11.0 Å². The van der Waals surface area contributed by atoms with E-state index >= 15 is 0 Å². The van der Waals surface area contributed by atoms with Crippen LogP contribution in [-0.4, -0.2) is 62.9 Å². The van der Waals surface area contributed by atoms with Gasteiger partial charge >= 0.3 is 6.03 Å². The van der Waals surface area contributed by atoms with Gasteiger partial charge in [0.25, 0.3) is 5.91 Å². The Kier molecular flexibility index (Phi) is 6.03. The normalized spacial score (nSPS) is 18.8. The lowest BCUT2D eigenvalue weighted by molar-refractivity contribution is 0.0626. The van der Waals surface area contributed by atoms with Gasteiger partial charge in [-0.05, 0) is 18.6 Å². The number of hydrogen-bond acceptors (Lipinski definition) is 5. The van der Waals surface area contributed by atoms with E-state index in [1.54, 1.807) is 16.6 Å². The van der Waals surface area contributed by atoms with Gasteiger partial charge < -0.3 is 20.2 Å². The Morgan fingerprint density at radius 3 is 2.85 bits per heavy atom. The number of urea groups is 1. The van der Waals surface area contributed by atoms with Crippen LogP contribution in [0, 0.1) is 28.9 Å². The molecule has 2 aliphatic rings. The van der Waals surface area contributed by atoms with E-state index in [-0.39, 0.29) is 30.6 Å². The Hall–Kier alpha value is -3.52. The van der Waals surface area contributed by atoms with Gasteiger partial charge in [-0.25, -0.2) is 13.6 Å². The molecule has 1 aromatic carbocycles. The first-order valence-electron chi connectivity index (χ1n) is 10.7. The first-order chi connectivity index (χ1) is 15.7. The number of hydrogen-bond donors (Lipinski definition) is 2. The number of nitriles is 1. The molecule has 3 heterocycles. The van der Waals surface area contributed by atoms with E-state index in [0.717, 1.165) is 12.1 Å².